The van der Waals surface area contributed by atoms with Gasteiger partial charge >= 0.3 is 5.97 Å². The third-order valence-corrected chi connectivity index (χ3v) is 5.52. The number of nitrogens with one attached hydrogen (secondary N) is 2. The van der Waals surface area contributed by atoms with Crippen molar-refractivity contribution in [3.63, 3.8) is 0 Å². The summed E-state index contributed by atoms with van der Waals surface area (Å²) in [5.41, 5.74) is 3.19. The number of rotatable bonds is 7. The van der Waals surface area contributed by atoms with E-state index in [0.717, 1.165) is 16.9 Å². The van der Waals surface area contributed by atoms with Crippen molar-refractivity contribution >= 4 is 28.1 Å². The van der Waals surface area contributed by atoms with E-state index in [1.54, 1.807) is 12.1 Å². The summed E-state index contributed by atoms with van der Waals surface area (Å²) >= 11 is 0. The number of anilines is 2. The van der Waals surface area contributed by atoms with Gasteiger partial charge in [0.1, 0.15) is 18.5 Å². The zero-order valence-corrected chi connectivity index (χ0v) is 18.4. The first kappa shape index (κ1) is 20.8. The van der Waals surface area contributed by atoms with E-state index in [0.29, 0.717) is 23.9 Å². The van der Waals surface area contributed by atoms with Crippen LogP contribution in [0.3, 0.4) is 0 Å². The molecule has 0 bridgehead atoms. The molecule has 0 amide bonds. The second-order valence-electron chi connectivity index (χ2n) is 7.62. The Hall–Kier alpha value is -4.13. The highest BCUT2D eigenvalue weighted by Gasteiger charge is 2.22. The van der Waals surface area contributed by atoms with E-state index in [9.17, 15) is 4.79 Å². The molecule has 1 aromatic heterocycles. The van der Waals surface area contributed by atoms with E-state index >= 15 is 0 Å². The Labute approximate surface area is 191 Å². The minimum absolute atomic E-state index is 0.119. The number of benzene rings is 3. The molecule has 7 heteroatoms. The number of esters is 1. The van der Waals surface area contributed by atoms with Gasteiger partial charge in [-0.15, -0.1) is 0 Å². The highest BCUT2D eigenvalue weighted by atomic mass is 16.5. The van der Waals surface area contributed by atoms with Crippen LogP contribution in [0.5, 0.6) is 11.5 Å². The lowest BCUT2D eigenvalue weighted by Gasteiger charge is -2.30. The Morgan fingerprint density at radius 3 is 2.39 bits per heavy atom. The van der Waals surface area contributed by atoms with Gasteiger partial charge in [-0.1, -0.05) is 30.3 Å². The molecule has 0 fully saturated rings. The molecule has 0 spiro atoms. The fourth-order valence-electron chi connectivity index (χ4n) is 4.00. The standard InChI is InChI=1S/C26H24N2O5/c1-3-31-23-14-17(10-12-21(23)32-15-18-11-13-22(33-18)26(29)30-2)25-27-19-8-4-6-16-7-5-9-20(28-25)24(16)19/h4-14,25,27-28H,3,15H2,1-2H3. The number of carbonyl (C=O) groups excluding carboxylic acids is 1. The number of hydrogen-bond donors (Lipinski definition) is 2. The number of hydrogen-bond acceptors (Lipinski definition) is 7. The molecule has 2 heterocycles. The van der Waals surface area contributed by atoms with Crippen LogP contribution in [0.1, 0.15) is 35.0 Å². The molecular formula is C26H24N2O5. The number of furan rings is 1. The molecule has 0 radical (unpaired) electrons. The summed E-state index contributed by atoms with van der Waals surface area (Å²) in [5.74, 6) is 1.36. The second kappa shape index (κ2) is 8.78. The normalized spacial score (nSPS) is 12.7. The van der Waals surface area contributed by atoms with Crippen LogP contribution < -0.4 is 20.1 Å². The molecule has 7 nitrogen and oxygen atoms in total. The highest BCUT2D eigenvalue weighted by molar-refractivity contribution is 6.04. The predicted octanol–water partition coefficient (Wildman–Crippen LogP) is 5.73. The van der Waals surface area contributed by atoms with E-state index < -0.39 is 5.97 Å². The van der Waals surface area contributed by atoms with Crippen LogP contribution >= 0.6 is 0 Å². The Bertz CT molecular complexity index is 1270. The molecule has 0 saturated carbocycles. The molecule has 2 N–H and O–H groups in total. The van der Waals surface area contributed by atoms with Crippen molar-refractivity contribution in [3.8, 4) is 11.5 Å². The molecule has 0 atom stereocenters. The fraction of sp³-hybridized carbons (Fsp3) is 0.192. The Morgan fingerprint density at radius 2 is 1.70 bits per heavy atom. The van der Waals surface area contributed by atoms with Crippen LogP contribution in [0, 0.1) is 0 Å². The van der Waals surface area contributed by atoms with E-state index in [4.69, 9.17) is 13.9 Å². The molecule has 168 valence electrons. The van der Waals surface area contributed by atoms with Gasteiger partial charge in [-0.3, -0.25) is 0 Å². The lowest BCUT2D eigenvalue weighted by molar-refractivity contribution is 0.0561. The summed E-state index contributed by atoms with van der Waals surface area (Å²) in [6.45, 7) is 2.59. The Balaban J connectivity index is 1.36. The lowest BCUT2D eigenvalue weighted by atomic mass is 10.0. The third-order valence-electron chi connectivity index (χ3n) is 5.52. The van der Waals surface area contributed by atoms with Crippen molar-refractivity contribution in [1.82, 2.24) is 0 Å². The van der Waals surface area contributed by atoms with Crippen molar-refractivity contribution in [2.45, 2.75) is 19.7 Å². The Kier molecular flexibility index (Phi) is 5.52. The predicted molar refractivity (Wildman–Crippen MR) is 126 cm³/mol. The summed E-state index contributed by atoms with van der Waals surface area (Å²) in [6.07, 6.45) is -0.119. The topological polar surface area (TPSA) is 82.0 Å². The Morgan fingerprint density at radius 1 is 0.939 bits per heavy atom. The maximum atomic E-state index is 11.6. The minimum Gasteiger partial charge on any atom is -0.490 e. The molecule has 0 aliphatic carbocycles. The maximum absolute atomic E-state index is 11.6. The van der Waals surface area contributed by atoms with Crippen molar-refractivity contribution in [2.75, 3.05) is 24.4 Å². The van der Waals surface area contributed by atoms with Crippen molar-refractivity contribution < 1.29 is 23.4 Å². The van der Waals surface area contributed by atoms with Crippen LogP contribution in [-0.4, -0.2) is 19.7 Å². The smallest absolute Gasteiger partial charge is 0.373 e. The zero-order valence-electron chi connectivity index (χ0n) is 18.4. The number of ether oxygens (including phenoxy) is 3. The molecule has 1 aliphatic heterocycles. The minimum atomic E-state index is -0.523. The van der Waals surface area contributed by atoms with E-state index in [1.807, 2.05) is 25.1 Å². The SMILES string of the molecule is CCOc1cc(C2Nc3cccc4cccc(c34)N2)ccc1OCc1ccc(C(=O)OC)o1. The van der Waals surface area contributed by atoms with E-state index in [2.05, 4.69) is 51.8 Å². The molecular weight excluding hydrogens is 420 g/mol. The summed E-state index contributed by atoms with van der Waals surface area (Å²) < 4.78 is 21.9. The summed E-state index contributed by atoms with van der Waals surface area (Å²) in [5, 5.41) is 9.53. The van der Waals surface area contributed by atoms with Crippen LogP contribution in [0.4, 0.5) is 11.4 Å². The highest BCUT2D eigenvalue weighted by Crippen LogP contribution is 2.40. The van der Waals surface area contributed by atoms with Gasteiger partial charge in [0, 0.05) is 16.8 Å². The van der Waals surface area contributed by atoms with Gasteiger partial charge in [-0.05, 0) is 54.3 Å². The maximum Gasteiger partial charge on any atom is 0.373 e. The summed E-state index contributed by atoms with van der Waals surface area (Å²) in [6, 6.07) is 21.6. The first-order valence-corrected chi connectivity index (χ1v) is 10.8. The van der Waals surface area contributed by atoms with Crippen LogP contribution in [-0.2, 0) is 11.3 Å². The van der Waals surface area contributed by atoms with Gasteiger partial charge in [0.25, 0.3) is 0 Å². The molecule has 3 aromatic carbocycles. The monoisotopic (exact) mass is 444 g/mol. The number of methoxy groups -OCH3 is 1. The molecule has 33 heavy (non-hydrogen) atoms. The van der Waals surface area contributed by atoms with E-state index in [1.165, 1.54) is 17.9 Å². The van der Waals surface area contributed by atoms with Crippen molar-refractivity contribution in [2.24, 2.45) is 0 Å². The van der Waals surface area contributed by atoms with Crippen molar-refractivity contribution in [3.05, 3.63) is 83.8 Å². The van der Waals surface area contributed by atoms with Gasteiger partial charge in [0.2, 0.25) is 5.76 Å². The fourth-order valence-corrected chi connectivity index (χ4v) is 4.00. The zero-order chi connectivity index (χ0) is 22.8. The first-order chi connectivity index (χ1) is 16.2. The van der Waals surface area contributed by atoms with Crippen LogP contribution in [0.15, 0.2) is 71.1 Å². The van der Waals surface area contributed by atoms with Crippen molar-refractivity contribution in [1.29, 1.82) is 0 Å². The molecule has 4 aromatic rings. The van der Waals surface area contributed by atoms with Gasteiger partial charge in [0.15, 0.2) is 11.5 Å². The summed E-state index contributed by atoms with van der Waals surface area (Å²) in [4.78, 5) is 11.6. The van der Waals surface area contributed by atoms with Gasteiger partial charge in [-0.2, -0.15) is 0 Å². The summed E-state index contributed by atoms with van der Waals surface area (Å²) in [7, 11) is 1.31. The molecule has 0 unspecified atom stereocenters. The van der Waals surface area contributed by atoms with Crippen LogP contribution in [0.2, 0.25) is 0 Å². The number of carbonyl (C=O) groups is 1. The second-order valence-corrected chi connectivity index (χ2v) is 7.62. The largest absolute Gasteiger partial charge is 0.490 e. The first-order valence-electron chi connectivity index (χ1n) is 10.8. The molecule has 1 aliphatic rings. The van der Waals surface area contributed by atoms with E-state index in [-0.39, 0.29) is 18.5 Å². The average Bonchev–Trinajstić information content (AvgIpc) is 3.32. The van der Waals surface area contributed by atoms with Crippen LogP contribution in [0.25, 0.3) is 10.8 Å². The third kappa shape index (κ3) is 4.05. The van der Waals surface area contributed by atoms with Gasteiger partial charge < -0.3 is 29.3 Å². The van der Waals surface area contributed by atoms with Gasteiger partial charge in [0.05, 0.1) is 13.7 Å². The van der Waals surface area contributed by atoms with Gasteiger partial charge in [-0.25, -0.2) is 4.79 Å². The molecule has 0 saturated heterocycles. The quantitative estimate of drug-likeness (QED) is 0.352. The average molecular weight is 444 g/mol. The lowest BCUT2D eigenvalue weighted by Crippen LogP contribution is -2.23. The molecule has 5 rings (SSSR count).